The van der Waals surface area contributed by atoms with Gasteiger partial charge in [-0.25, -0.2) is 0 Å². The fourth-order valence-electron chi connectivity index (χ4n) is 1.98. The number of phenols is 1. The molecule has 0 spiro atoms. The second-order valence-electron chi connectivity index (χ2n) is 5.07. The van der Waals surface area contributed by atoms with Gasteiger partial charge in [0.05, 0.1) is 7.11 Å². The maximum absolute atomic E-state index is 9.88. The number of guanidine groups is 1. The van der Waals surface area contributed by atoms with Crippen molar-refractivity contribution in [3.8, 4) is 11.5 Å². The van der Waals surface area contributed by atoms with Crippen LogP contribution in [0.5, 0.6) is 11.5 Å². The Balaban J connectivity index is 0.00000220. The predicted octanol–water partition coefficient (Wildman–Crippen LogP) is 2.14. The van der Waals surface area contributed by atoms with Crippen molar-refractivity contribution < 1.29 is 9.84 Å². The van der Waals surface area contributed by atoms with Crippen molar-refractivity contribution in [2.24, 2.45) is 10.9 Å². The number of hydrogen-bond acceptors (Lipinski definition) is 3. The summed E-state index contributed by atoms with van der Waals surface area (Å²) in [5, 5.41) is 16.4. The minimum atomic E-state index is 0. The van der Waals surface area contributed by atoms with Crippen molar-refractivity contribution in [2.75, 3.05) is 27.2 Å². The number of halogens is 1. The molecule has 118 valence electrons. The Kier molecular flexibility index (Phi) is 7.63. The van der Waals surface area contributed by atoms with Crippen molar-refractivity contribution >= 4 is 29.9 Å². The molecule has 1 aromatic rings. The maximum Gasteiger partial charge on any atom is 0.190 e. The highest BCUT2D eigenvalue weighted by Gasteiger charge is 2.20. The fourth-order valence-corrected chi connectivity index (χ4v) is 1.98. The third kappa shape index (κ3) is 5.99. The molecule has 0 amide bonds. The largest absolute Gasteiger partial charge is 0.508 e. The molecular formula is C15H24IN3O2. The molecule has 0 saturated heterocycles. The number of nitrogens with one attached hydrogen (secondary N) is 2. The number of phenolic OH excluding ortho intramolecular Hbond substituents is 1. The van der Waals surface area contributed by atoms with Gasteiger partial charge in [-0.05, 0) is 36.8 Å². The number of benzene rings is 1. The molecule has 21 heavy (non-hydrogen) atoms. The molecule has 0 aliphatic heterocycles. The molecule has 0 heterocycles. The van der Waals surface area contributed by atoms with E-state index < -0.39 is 0 Å². The molecule has 2 rings (SSSR count). The van der Waals surface area contributed by atoms with Gasteiger partial charge >= 0.3 is 0 Å². The lowest BCUT2D eigenvalue weighted by Gasteiger charge is -2.12. The van der Waals surface area contributed by atoms with Gasteiger partial charge in [0, 0.05) is 26.2 Å². The number of aromatic hydroxyl groups is 1. The van der Waals surface area contributed by atoms with Crippen LogP contribution in [0.2, 0.25) is 0 Å². The first-order valence-electron chi connectivity index (χ1n) is 7.03. The van der Waals surface area contributed by atoms with Crippen LogP contribution in [0.15, 0.2) is 23.2 Å². The van der Waals surface area contributed by atoms with E-state index in [1.807, 2.05) is 12.1 Å². The van der Waals surface area contributed by atoms with Gasteiger partial charge in [-0.1, -0.05) is 6.07 Å². The Bertz CT molecular complexity index is 476. The Labute approximate surface area is 143 Å². The van der Waals surface area contributed by atoms with Crippen molar-refractivity contribution in [1.82, 2.24) is 10.6 Å². The van der Waals surface area contributed by atoms with Crippen LogP contribution >= 0.6 is 24.0 Å². The summed E-state index contributed by atoms with van der Waals surface area (Å²) in [6.07, 6.45) is 3.38. The first-order chi connectivity index (χ1) is 9.72. The number of hydrogen-bond donors (Lipinski definition) is 3. The van der Waals surface area contributed by atoms with Crippen molar-refractivity contribution in [2.45, 2.75) is 19.3 Å². The molecule has 5 nitrogen and oxygen atoms in total. The second-order valence-corrected chi connectivity index (χ2v) is 5.07. The summed E-state index contributed by atoms with van der Waals surface area (Å²) in [5.74, 6) is 2.58. The normalized spacial score (nSPS) is 14.3. The zero-order valence-electron chi connectivity index (χ0n) is 12.6. The average molecular weight is 405 g/mol. The van der Waals surface area contributed by atoms with Crippen LogP contribution in [0.4, 0.5) is 0 Å². The van der Waals surface area contributed by atoms with Gasteiger partial charge in [-0.2, -0.15) is 0 Å². The molecule has 1 fully saturated rings. The number of nitrogens with zero attached hydrogens (tertiary/aromatic N) is 1. The van der Waals surface area contributed by atoms with Gasteiger partial charge in [-0.3, -0.25) is 4.99 Å². The highest BCUT2D eigenvalue weighted by atomic mass is 127. The summed E-state index contributed by atoms with van der Waals surface area (Å²) in [6.45, 7) is 1.72. The number of methoxy groups -OCH3 is 1. The standard InChI is InChI=1S/C15H23N3O2.HI/c1-16-15(18-10-11-3-4-11)17-8-7-12-5-6-13(20-2)9-14(12)19;/h5-6,9,11,19H,3-4,7-8,10H2,1-2H3,(H2,16,17,18);1H. The molecule has 0 radical (unpaired) electrons. The van der Waals surface area contributed by atoms with E-state index in [0.29, 0.717) is 5.75 Å². The summed E-state index contributed by atoms with van der Waals surface area (Å²) in [7, 11) is 3.36. The van der Waals surface area contributed by atoms with E-state index in [0.717, 1.165) is 37.0 Å². The predicted molar refractivity (Wildman–Crippen MR) is 95.9 cm³/mol. The fraction of sp³-hybridized carbons (Fsp3) is 0.533. The minimum absolute atomic E-state index is 0. The maximum atomic E-state index is 9.88. The smallest absolute Gasteiger partial charge is 0.190 e. The quantitative estimate of drug-likeness (QED) is 0.386. The van der Waals surface area contributed by atoms with E-state index in [1.54, 1.807) is 20.2 Å². The molecular weight excluding hydrogens is 381 g/mol. The summed E-state index contributed by atoms with van der Waals surface area (Å²) >= 11 is 0. The van der Waals surface area contributed by atoms with Gasteiger partial charge in [0.1, 0.15) is 11.5 Å². The summed E-state index contributed by atoms with van der Waals surface area (Å²) in [5.41, 5.74) is 0.899. The third-order valence-corrected chi connectivity index (χ3v) is 3.46. The summed E-state index contributed by atoms with van der Waals surface area (Å²) < 4.78 is 5.07. The minimum Gasteiger partial charge on any atom is -0.508 e. The van der Waals surface area contributed by atoms with E-state index in [9.17, 15) is 5.11 Å². The van der Waals surface area contributed by atoms with E-state index >= 15 is 0 Å². The lowest BCUT2D eigenvalue weighted by Crippen LogP contribution is -2.39. The van der Waals surface area contributed by atoms with Crippen LogP contribution in [0.1, 0.15) is 18.4 Å². The van der Waals surface area contributed by atoms with Gasteiger partial charge in [0.2, 0.25) is 0 Å². The van der Waals surface area contributed by atoms with Gasteiger partial charge in [0.15, 0.2) is 5.96 Å². The molecule has 0 unspecified atom stereocenters. The van der Waals surface area contributed by atoms with Crippen LogP contribution in [0.3, 0.4) is 0 Å². The molecule has 0 aromatic heterocycles. The first-order valence-corrected chi connectivity index (χ1v) is 7.03. The van der Waals surface area contributed by atoms with Gasteiger partial charge in [-0.15, -0.1) is 24.0 Å². The highest BCUT2D eigenvalue weighted by molar-refractivity contribution is 14.0. The SMILES string of the molecule is CN=C(NCCc1ccc(OC)cc1O)NCC1CC1.I. The topological polar surface area (TPSA) is 65.9 Å². The number of rotatable bonds is 6. The van der Waals surface area contributed by atoms with Gasteiger partial charge in [0.25, 0.3) is 0 Å². The zero-order valence-corrected chi connectivity index (χ0v) is 14.9. The van der Waals surface area contributed by atoms with Crippen LogP contribution in [-0.2, 0) is 6.42 Å². The summed E-state index contributed by atoms with van der Waals surface area (Å²) in [6, 6.07) is 5.38. The highest BCUT2D eigenvalue weighted by Crippen LogP contribution is 2.27. The van der Waals surface area contributed by atoms with E-state index in [2.05, 4.69) is 15.6 Å². The summed E-state index contributed by atoms with van der Waals surface area (Å²) in [4.78, 5) is 4.18. The molecule has 3 N–H and O–H groups in total. The first kappa shape index (κ1) is 17.9. The van der Waals surface area contributed by atoms with Crippen LogP contribution in [-0.4, -0.2) is 38.3 Å². The molecule has 1 aliphatic rings. The van der Waals surface area contributed by atoms with Crippen molar-refractivity contribution in [1.29, 1.82) is 0 Å². The Hall–Kier alpha value is -1.18. The van der Waals surface area contributed by atoms with Crippen molar-refractivity contribution in [3.63, 3.8) is 0 Å². The van der Waals surface area contributed by atoms with E-state index in [4.69, 9.17) is 4.74 Å². The third-order valence-electron chi connectivity index (χ3n) is 3.46. The molecule has 6 heteroatoms. The van der Waals surface area contributed by atoms with Gasteiger partial charge < -0.3 is 20.5 Å². The molecule has 0 bridgehead atoms. The molecule has 1 aromatic carbocycles. The second kappa shape index (κ2) is 8.96. The Morgan fingerprint density at radius 1 is 1.38 bits per heavy atom. The molecule has 1 aliphatic carbocycles. The average Bonchev–Trinajstić information content (AvgIpc) is 3.28. The Morgan fingerprint density at radius 2 is 2.14 bits per heavy atom. The van der Waals surface area contributed by atoms with Crippen LogP contribution < -0.4 is 15.4 Å². The van der Waals surface area contributed by atoms with E-state index in [1.165, 1.54) is 12.8 Å². The monoisotopic (exact) mass is 405 g/mol. The molecule has 0 atom stereocenters. The van der Waals surface area contributed by atoms with E-state index in [-0.39, 0.29) is 29.7 Å². The lowest BCUT2D eigenvalue weighted by atomic mass is 10.1. The number of ether oxygens (including phenoxy) is 1. The zero-order chi connectivity index (χ0) is 14.4. The van der Waals surface area contributed by atoms with Crippen molar-refractivity contribution in [3.05, 3.63) is 23.8 Å². The molecule has 1 saturated carbocycles. The Morgan fingerprint density at radius 3 is 2.71 bits per heavy atom. The van der Waals surface area contributed by atoms with Crippen LogP contribution in [0.25, 0.3) is 0 Å². The number of aliphatic imine (C=N–C) groups is 1. The van der Waals surface area contributed by atoms with Crippen LogP contribution in [0, 0.1) is 5.92 Å². The lowest BCUT2D eigenvalue weighted by molar-refractivity contribution is 0.406.